The standard InChI is InChI=1S/C10H8ClNO2/c1-2-9(11)12-7-5-3-4-6-8(7)14-10(12)13/h2-6,9H,1H2. The third-order valence-electron chi connectivity index (χ3n) is 1.96. The Labute approximate surface area is 85.2 Å². The summed E-state index contributed by atoms with van der Waals surface area (Å²) in [6.07, 6.45) is 1.48. The van der Waals surface area contributed by atoms with E-state index >= 15 is 0 Å². The molecule has 0 saturated heterocycles. The summed E-state index contributed by atoms with van der Waals surface area (Å²) in [5, 5.41) is 0. The molecular weight excluding hydrogens is 202 g/mol. The summed E-state index contributed by atoms with van der Waals surface area (Å²) < 4.78 is 6.35. The quantitative estimate of drug-likeness (QED) is 0.563. The molecule has 4 heteroatoms. The zero-order valence-electron chi connectivity index (χ0n) is 7.31. The van der Waals surface area contributed by atoms with Crippen molar-refractivity contribution in [2.75, 3.05) is 0 Å². The number of para-hydroxylation sites is 2. The van der Waals surface area contributed by atoms with Gasteiger partial charge in [-0.3, -0.25) is 4.57 Å². The van der Waals surface area contributed by atoms with Gasteiger partial charge in [0.1, 0.15) is 5.50 Å². The van der Waals surface area contributed by atoms with Crippen molar-refractivity contribution in [3.8, 4) is 0 Å². The topological polar surface area (TPSA) is 35.1 Å². The summed E-state index contributed by atoms with van der Waals surface area (Å²) in [6.45, 7) is 3.53. The predicted molar refractivity (Wildman–Crippen MR) is 55.6 cm³/mol. The van der Waals surface area contributed by atoms with Crippen LogP contribution in [0.4, 0.5) is 0 Å². The number of halogens is 1. The summed E-state index contributed by atoms with van der Waals surface area (Å²) in [5.41, 5.74) is 0.633. The highest BCUT2D eigenvalue weighted by atomic mass is 35.5. The van der Waals surface area contributed by atoms with E-state index in [0.717, 1.165) is 0 Å². The number of hydrogen-bond acceptors (Lipinski definition) is 2. The summed E-state index contributed by atoms with van der Waals surface area (Å²) >= 11 is 5.90. The van der Waals surface area contributed by atoms with Gasteiger partial charge >= 0.3 is 5.76 Å². The van der Waals surface area contributed by atoms with E-state index in [1.165, 1.54) is 10.6 Å². The molecule has 0 bridgehead atoms. The first-order valence-corrected chi connectivity index (χ1v) is 4.54. The lowest BCUT2D eigenvalue weighted by Crippen LogP contribution is -2.15. The lowest BCUT2D eigenvalue weighted by molar-refractivity contribution is 0.516. The fourth-order valence-corrected chi connectivity index (χ4v) is 1.51. The Morgan fingerprint density at radius 3 is 2.93 bits per heavy atom. The average Bonchev–Trinajstić information content (AvgIpc) is 2.53. The molecule has 0 fully saturated rings. The minimum Gasteiger partial charge on any atom is -0.408 e. The minimum absolute atomic E-state index is 0.467. The van der Waals surface area contributed by atoms with Gasteiger partial charge in [-0.05, 0) is 12.1 Å². The molecule has 0 aliphatic carbocycles. The van der Waals surface area contributed by atoms with Crippen molar-refractivity contribution in [2.45, 2.75) is 5.50 Å². The molecule has 1 atom stereocenters. The number of benzene rings is 1. The van der Waals surface area contributed by atoms with E-state index in [2.05, 4.69) is 6.58 Å². The molecule has 0 N–H and O–H groups in total. The van der Waals surface area contributed by atoms with Crippen LogP contribution in [-0.4, -0.2) is 4.57 Å². The SMILES string of the molecule is C=CC(Cl)n1c(=O)oc2ccccc21. The highest BCUT2D eigenvalue weighted by Gasteiger charge is 2.12. The van der Waals surface area contributed by atoms with Crippen LogP contribution in [0.15, 0.2) is 46.1 Å². The number of allylic oxidation sites excluding steroid dienone is 1. The van der Waals surface area contributed by atoms with E-state index in [-0.39, 0.29) is 0 Å². The highest BCUT2D eigenvalue weighted by Crippen LogP contribution is 2.19. The van der Waals surface area contributed by atoms with Crippen LogP contribution in [0, 0.1) is 0 Å². The second-order valence-electron chi connectivity index (χ2n) is 2.81. The second kappa shape index (κ2) is 3.35. The van der Waals surface area contributed by atoms with Gasteiger partial charge < -0.3 is 4.42 Å². The lowest BCUT2D eigenvalue weighted by Gasteiger charge is -2.03. The van der Waals surface area contributed by atoms with Crippen LogP contribution in [0.25, 0.3) is 11.1 Å². The molecule has 0 aliphatic heterocycles. The Balaban J connectivity index is 2.80. The van der Waals surface area contributed by atoms with Crippen molar-refractivity contribution in [1.82, 2.24) is 4.57 Å². The molecule has 72 valence electrons. The van der Waals surface area contributed by atoms with Gasteiger partial charge in [-0.2, -0.15) is 0 Å². The first kappa shape index (κ1) is 9.09. The summed E-state index contributed by atoms with van der Waals surface area (Å²) in [5.74, 6) is -0.467. The normalized spacial score (nSPS) is 12.9. The van der Waals surface area contributed by atoms with Crippen LogP contribution in [0.2, 0.25) is 0 Å². The molecule has 3 nitrogen and oxygen atoms in total. The van der Waals surface area contributed by atoms with Crippen molar-refractivity contribution in [1.29, 1.82) is 0 Å². The van der Waals surface area contributed by atoms with E-state index in [4.69, 9.17) is 16.0 Å². The zero-order chi connectivity index (χ0) is 10.1. The zero-order valence-corrected chi connectivity index (χ0v) is 8.07. The molecule has 1 aromatic heterocycles. The van der Waals surface area contributed by atoms with Gasteiger partial charge in [0, 0.05) is 0 Å². The Morgan fingerprint density at radius 1 is 1.50 bits per heavy atom. The molecule has 2 rings (SSSR count). The smallest absolute Gasteiger partial charge is 0.408 e. The van der Waals surface area contributed by atoms with Crippen molar-refractivity contribution < 1.29 is 4.42 Å². The summed E-state index contributed by atoms with van der Waals surface area (Å²) in [7, 11) is 0. The Morgan fingerprint density at radius 2 is 2.21 bits per heavy atom. The van der Waals surface area contributed by atoms with Gasteiger partial charge in [-0.25, -0.2) is 4.79 Å². The van der Waals surface area contributed by atoms with Crippen molar-refractivity contribution >= 4 is 22.7 Å². The van der Waals surface area contributed by atoms with Crippen LogP contribution in [0.5, 0.6) is 0 Å². The number of oxazole rings is 1. The highest BCUT2D eigenvalue weighted by molar-refractivity contribution is 6.20. The molecule has 0 radical (unpaired) electrons. The Kier molecular flexibility index (Phi) is 2.17. The fourth-order valence-electron chi connectivity index (χ4n) is 1.32. The molecule has 0 aliphatic rings. The molecule has 2 aromatic rings. The molecule has 1 aromatic carbocycles. The van der Waals surface area contributed by atoms with E-state index in [1.807, 2.05) is 6.07 Å². The lowest BCUT2D eigenvalue weighted by atomic mass is 10.3. The molecule has 0 spiro atoms. The van der Waals surface area contributed by atoms with Crippen molar-refractivity contribution in [3.63, 3.8) is 0 Å². The largest absolute Gasteiger partial charge is 0.421 e. The number of rotatable bonds is 2. The van der Waals surface area contributed by atoms with Gasteiger partial charge in [0.05, 0.1) is 5.52 Å². The number of nitrogens with zero attached hydrogens (tertiary/aromatic N) is 1. The first-order valence-electron chi connectivity index (χ1n) is 4.10. The number of alkyl halides is 1. The van der Waals surface area contributed by atoms with Crippen LogP contribution in [-0.2, 0) is 0 Å². The number of fused-ring (bicyclic) bond motifs is 1. The summed E-state index contributed by atoms with van der Waals surface area (Å²) in [4.78, 5) is 11.4. The maximum atomic E-state index is 11.4. The van der Waals surface area contributed by atoms with E-state index in [9.17, 15) is 4.79 Å². The maximum Gasteiger partial charge on any atom is 0.421 e. The van der Waals surface area contributed by atoms with Gasteiger partial charge in [-0.15, -0.1) is 0 Å². The monoisotopic (exact) mass is 209 g/mol. The first-order chi connectivity index (χ1) is 6.74. The molecule has 0 saturated carbocycles. The second-order valence-corrected chi connectivity index (χ2v) is 3.26. The molecular formula is C10H8ClNO2. The van der Waals surface area contributed by atoms with Gasteiger partial charge in [0.15, 0.2) is 5.58 Å². The molecule has 0 amide bonds. The minimum atomic E-state index is -0.578. The van der Waals surface area contributed by atoms with Crippen molar-refractivity contribution in [2.24, 2.45) is 0 Å². The molecule has 14 heavy (non-hydrogen) atoms. The van der Waals surface area contributed by atoms with Crippen LogP contribution >= 0.6 is 11.6 Å². The third kappa shape index (κ3) is 1.26. The van der Waals surface area contributed by atoms with Crippen LogP contribution in [0.3, 0.4) is 0 Å². The summed E-state index contributed by atoms with van der Waals surface area (Å²) in [6, 6.07) is 7.12. The number of hydrogen-bond donors (Lipinski definition) is 0. The van der Waals surface area contributed by atoms with E-state index in [1.54, 1.807) is 18.2 Å². The number of aromatic nitrogens is 1. The van der Waals surface area contributed by atoms with Crippen molar-refractivity contribution in [3.05, 3.63) is 47.5 Å². The Bertz CT molecular complexity index is 526. The average molecular weight is 210 g/mol. The van der Waals surface area contributed by atoms with Gasteiger partial charge in [0.2, 0.25) is 0 Å². The Hall–Kier alpha value is -1.48. The molecule has 1 unspecified atom stereocenters. The predicted octanol–water partition coefficient (Wildman–Crippen LogP) is 2.52. The van der Waals surface area contributed by atoms with Crippen LogP contribution < -0.4 is 5.76 Å². The van der Waals surface area contributed by atoms with Gasteiger partial charge in [0.25, 0.3) is 0 Å². The maximum absolute atomic E-state index is 11.4. The fraction of sp³-hybridized carbons (Fsp3) is 0.100. The third-order valence-corrected chi connectivity index (χ3v) is 2.33. The van der Waals surface area contributed by atoms with E-state index in [0.29, 0.717) is 11.1 Å². The van der Waals surface area contributed by atoms with Crippen LogP contribution in [0.1, 0.15) is 5.50 Å². The van der Waals surface area contributed by atoms with E-state index < -0.39 is 11.3 Å². The van der Waals surface area contributed by atoms with Gasteiger partial charge in [-0.1, -0.05) is 36.4 Å². The molecule has 1 heterocycles.